The fraction of sp³-hybridized carbons (Fsp3) is 0.735. The van der Waals surface area contributed by atoms with Crippen molar-refractivity contribution in [2.45, 2.75) is 182 Å². The summed E-state index contributed by atoms with van der Waals surface area (Å²) in [5.74, 6) is -7.17. The van der Waals surface area contributed by atoms with Gasteiger partial charge in [-0.3, -0.25) is 9.59 Å². The van der Waals surface area contributed by atoms with Gasteiger partial charge in [0.15, 0.2) is 18.2 Å². The maximum atomic E-state index is 14.0. The van der Waals surface area contributed by atoms with Gasteiger partial charge >= 0.3 is 17.9 Å². The Balaban J connectivity index is 2.02. The lowest BCUT2D eigenvalue weighted by atomic mass is 9.77. The predicted molar refractivity (Wildman–Crippen MR) is 239 cm³/mol. The van der Waals surface area contributed by atoms with E-state index in [1.54, 1.807) is 52.0 Å². The second-order valence-electron chi connectivity index (χ2n) is 18.2. The van der Waals surface area contributed by atoms with Gasteiger partial charge in [-0.15, -0.1) is 0 Å². The molecule has 0 aromatic carbocycles. The summed E-state index contributed by atoms with van der Waals surface area (Å²) in [6.45, 7) is 20.8. The lowest BCUT2D eigenvalue weighted by Crippen LogP contribution is -2.59. The average molecular weight is 907 g/mol. The summed E-state index contributed by atoms with van der Waals surface area (Å²) in [4.78, 5) is 37.9. The lowest BCUT2D eigenvalue weighted by molar-refractivity contribution is -0.339. The van der Waals surface area contributed by atoms with Crippen LogP contribution in [0.15, 0.2) is 59.4 Å². The number of allylic oxidation sites excluding steroid dienone is 6. The largest absolute Gasteiger partial charge is 0.490 e. The third-order valence-corrected chi connectivity index (χ3v) is 13.1. The van der Waals surface area contributed by atoms with Gasteiger partial charge in [0.1, 0.15) is 18.3 Å². The first-order valence-corrected chi connectivity index (χ1v) is 22.8. The molecule has 0 aromatic rings. The summed E-state index contributed by atoms with van der Waals surface area (Å²) in [6, 6.07) is 0. The molecule has 3 heterocycles. The molecular formula is C49H78O15. The van der Waals surface area contributed by atoms with E-state index in [1.165, 1.54) is 34.1 Å². The van der Waals surface area contributed by atoms with E-state index in [0.717, 1.165) is 5.57 Å². The Morgan fingerprint density at radius 2 is 1.67 bits per heavy atom. The van der Waals surface area contributed by atoms with Gasteiger partial charge in [-0.2, -0.15) is 0 Å². The predicted octanol–water partition coefficient (Wildman–Crippen LogP) is 6.02. The van der Waals surface area contributed by atoms with Crippen LogP contribution >= 0.6 is 0 Å². The van der Waals surface area contributed by atoms with E-state index in [-0.39, 0.29) is 42.3 Å². The van der Waals surface area contributed by atoms with Gasteiger partial charge in [-0.1, -0.05) is 89.1 Å². The average Bonchev–Trinajstić information content (AvgIpc) is 3.22. The Bertz CT molecular complexity index is 1690. The molecule has 3 aliphatic heterocycles. The highest BCUT2D eigenvalue weighted by Crippen LogP contribution is 2.42. The minimum atomic E-state index is -1.98. The van der Waals surface area contributed by atoms with Crippen molar-refractivity contribution in [2.24, 2.45) is 35.5 Å². The Labute approximate surface area is 380 Å². The van der Waals surface area contributed by atoms with Gasteiger partial charge < -0.3 is 58.3 Å². The normalized spacial score (nSPS) is 40.7. The van der Waals surface area contributed by atoms with E-state index in [2.05, 4.69) is 0 Å². The molecule has 0 saturated carbocycles. The molecule has 15 heteroatoms. The van der Waals surface area contributed by atoms with Crippen LogP contribution in [0.3, 0.4) is 0 Å². The topological polar surface area (TPSA) is 206 Å². The van der Waals surface area contributed by atoms with Gasteiger partial charge in [0, 0.05) is 63.4 Å². The van der Waals surface area contributed by atoms with E-state index in [1.807, 2.05) is 53.7 Å². The molecule has 0 aromatic heterocycles. The van der Waals surface area contributed by atoms with Crippen LogP contribution in [-0.2, 0) is 52.3 Å². The Kier molecular flexibility index (Phi) is 21.4. The van der Waals surface area contributed by atoms with E-state index in [9.17, 15) is 34.8 Å². The van der Waals surface area contributed by atoms with E-state index < -0.39 is 103 Å². The number of hydrogen-bond donors (Lipinski definition) is 4. The van der Waals surface area contributed by atoms with Crippen LogP contribution in [0.5, 0.6) is 0 Å². The van der Waals surface area contributed by atoms with Gasteiger partial charge in [0.2, 0.25) is 5.76 Å². The fourth-order valence-electron chi connectivity index (χ4n) is 9.31. The number of ether oxygens (including phenoxy) is 8. The number of cyclic esters (lactones) is 1. The molecule has 3 aliphatic rings. The first-order valence-electron chi connectivity index (χ1n) is 22.8. The van der Waals surface area contributed by atoms with Crippen molar-refractivity contribution in [3.8, 4) is 0 Å². The van der Waals surface area contributed by atoms with Crippen LogP contribution < -0.4 is 0 Å². The number of carbonyl (C=O) groups is 3. The van der Waals surface area contributed by atoms with Crippen LogP contribution in [0.2, 0.25) is 0 Å². The molecule has 0 unspecified atom stereocenters. The second kappa shape index (κ2) is 24.9. The van der Waals surface area contributed by atoms with Crippen LogP contribution in [0.25, 0.3) is 0 Å². The van der Waals surface area contributed by atoms with Crippen molar-refractivity contribution in [1.29, 1.82) is 0 Å². The molecule has 4 N–H and O–H groups in total. The monoisotopic (exact) mass is 907 g/mol. The minimum absolute atomic E-state index is 0.0516. The number of carbonyl (C=O) groups excluding carboxylic acids is 3. The molecule has 18 atom stereocenters. The summed E-state index contributed by atoms with van der Waals surface area (Å²) >= 11 is 0. The van der Waals surface area contributed by atoms with Gasteiger partial charge in [0.05, 0.1) is 43.7 Å². The third kappa shape index (κ3) is 14.5. The highest BCUT2D eigenvalue weighted by molar-refractivity contribution is 5.87. The Morgan fingerprint density at radius 1 is 1.02 bits per heavy atom. The highest BCUT2D eigenvalue weighted by atomic mass is 16.7. The number of aliphatic hydroxyl groups excluding tert-OH is 3. The molecular weight excluding hydrogens is 829 g/mol. The van der Waals surface area contributed by atoms with Crippen molar-refractivity contribution in [2.75, 3.05) is 14.2 Å². The van der Waals surface area contributed by atoms with Crippen molar-refractivity contribution in [3.05, 3.63) is 59.4 Å². The van der Waals surface area contributed by atoms with Crippen LogP contribution in [0, 0.1) is 35.5 Å². The number of methoxy groups -OCH3 is 2. The van der Waals surface area contributed by atoms with Gasteiger partial charge in [0.25, 0.3) is 0 Å². The molecule has 0 bridgehead atoms. The van der Waals surface area contributed by atoms with E-state index in [0.29, 0.717) is 18.4 Å². The zero-order chi connectivity index (χ0) is 48.2. The summed E-state index contributed by atoms with van der Waals surface area (Å²) in [5, 5.41) is 47.5. The molecule has 64 heavy (non-hydrogen) atoms. The zero-order valence-corrected chi connectivity index (χ0v) is 40.5. The standard InChI is InChI=1S/C49H78O15/c1-15-18-37-30(7)41(62-42-24-39(60-34(11)50)47(33(10)59-42)61-35(12)51)25-49(56,64-37)32(9)45(54)31(8)46-38(57-13)20-17-19-26(3)21-28(5)43(52)36(16-2)44(53)29(6)22-27(4)23-40(58-14)48(55)63-46/h15,17-20,22-23,28-33,36-39,41-47,52-54,56H,16,21,24-25H2,1-14H3/b18-15+,20-17+,26-19+,27-22+,40-23-/t28-,29-,30-,31+,32+,33-,36+,37-,38+,39-,41-,42+,43+,44-,45-,46-,47-,49-/m1/s1. The number of hydrogen-bond acceptors (Lipinski definition) is 15. The first kappa shape index (κ1) is 54.9. The molecule has 2 fully saturated rings. The zero-order valence-electron chi connectivity index (χ0n) is 40.5. The molecule has 3 rings (SSSR count). The highest BCUT2D eigenvalue weighted by Gasteiger charge is 2.53. The SMILES string of the molecule is C/C=C/[C@H]1O[C@@](O)([C@@H](C)[C@H](O)[C@H](C)[C@H]2OC(=O)/C(OC)=C/C(C)=C/[C@@H](C)[C@@H](O)[C@@H](CC)[C@@H](O)[C@H](C)C/C(C)=C/C=C/[C@@H]2OC)C[C@@H](O[C@H]2C[C@@H](OC(C)=O)[C@H](OC(C)=O)[C@@H](C)O2)[C@@H]1C. The maximum absolute atomic E-state index is 14.0. The van der Waals surface area contributed by atoms with E-state index >= 15 is 0 Å². The molecule has 2 saturated heterocycles. The molecule has 0 aliphatic carbocycles. The van der Waals surface area contributed by atoms with Gasteiger partial charge in [-0.25, -0.2) is 4.79 Å². The maximum Gasteiger partial charge on any atom is 0.373 e. The van der Waals surface area contributed by atoms with Crippen molar-refractivity contribution in [1.82, 2.24) is 0 Å². The second-order valence-corrected chi connectivity index (χ2v) is 18.2. The number of aliphatic hydroxyl groups is 4. The number of rotatable bonds is 12. The van der Waals surface area contributed by atoms with Crippen LogP contribution in [-0.4, -0.2) is 126 Å². The van der Waals surface area contributed by atoms with Crippen molar-refractivity contribution < 1.29 is 72.7 Å². The molecule has 0 amide bonds. The Morgan fingerprint density at radius 3 is 2.25 bits per heavy atom. The molecule has 364 valence electrons. The summed E-state index contributed by atoms with van der Waals surface area (Å²) in [5.41, 5.74) is 1.58. The minimum Gasteiger partial charge on any atom is -0.490 e. The molecule has 0 radical (unpaired) electrons. The molecule has 0 spiro atoms. The summed E-state index contributed by atoms with van der Waals surface area (Å²) in [6.07, 6.45) is 3.72. The van der Waals surface area contributed by atoms with Crippen molar-refractivity contribution >= 4 is 17.9 Å². The summed E-state index contributed by atoms with van der Waals surface area (Å²) in [7, 11) is 2.81. The third-order valence-electron chi connectivity index (χ3n) is 13.1. The van der Waals surface area contributed by atoms with Gasteiger partial charge in [-0.05, 0) is 52.5 Å². The Hall–Kier alpha value is -3.41. The smallest absolute Gasteiger partial charge is 0.373 e. The fourth-order valence-corrected chi connectivity index (χ4v) is 9.31. The molecule has 15 nitrogen and oxygen atoms in total. The first-order chi connectivity index (χ1) is 30.0. The van der Waals surface area contributed by atoms with Crippen LogP contribution in [0.1, 0.15) is 109 Å². The van der Waals surface area contributed by atoms with Crippen molar-refractivity contribution in [3.63, 3.8) is 0 Å². The van der Waals surface area contributed by atoms with E-state index in [4.69, 9.17) is 37.9 Å². The van der Waals surface area contributed by atoms with Crippen LogP contribution in [0.4, 0.5) is 0 Å². The number of esters is 3. The summed E-state index contributed by atoms with van der Waals surface area (Å²) < 4.78 is 47.7. The quantitative estimate of drug-likeness (QED) is 0.100. The lowest BCUT2D eigenvalue weighted by Gasteiger charge is -2.50.